The molecule has 8 nitrogen and oxygen atoms in total. The van der Waals surface area contributed by atoms with Crippen LogP contribution in [0.15, 0.2) is 84.7 Å². The van der Waals surface area contributed by atoms with Crippen molar-refractivity contribution in [1.29, 1.82) is 0 Å². The van der Waals surface area contributed by atoms with Crippen molar-refractivity contribution in [3.05, 3.63) is 84.7 Å². The molecule has 1 unspecified atom stereocenters. The smallest absolute Gasteiger partial charge is 0.262 e. The molecule has 1 atom stereocenters. The average Bonchev–Trinajstić information content (AvgIpc) is 2.83. The Morgan fingerprint density at radius 3 is 2.82 bits per heavy atom. The van der Waals surface area contributed by atoms with Crippen LogP contribution in [-0.4, -0.2) is 35.6 Å². The quantitative estimate of drug-likeness (QED) is 0.486. The summed E-state index contributed by atoms with van der Waals surface area (Å²) in [5.74, 6) is 1.36. The van der Waals surface area contributed by atoms with Gasteiger partial charge in [-0.3, -0.25) is 4.79 Å². The number of nitrogens with two attached hydrogens (primary N) is 1. The second-order valence-electron chi connectivity index (χ2n) is 7.41. The number of methoxy groups -OCH3 is 1. The predicted octanol–water partition coefficient (Wildman–Crippen LogP) is 3.75. The fourth-order valence-corrected chi connectivity index (χ4v) is 3.37. The maximum Gasteiger partial charge on any atom is 0.262 e. The molecule has 2 aromatic carbocycles. The van der Waals surface area contributed by atoms with E-state index in [0.717, 1.165) is 11.3 Å². The van der Waals surface area contributed by atoms with Crippen LogP contribution in [0.5, 0.6) is 11.5 Å². The summed E-state index contributed by atoms with van der Waals surface area (Å²) in [6.07, 6.45) is 8.19. The van der Waals surface area contributed by atoms with Crippen molar-refractivity contribution in [2.45, 2.75) is 12.5 Å². The Balaban J connectivity index is 1.47. The fourth-order valence-electron chi connectivity index (χ4n) is 3.37. The standard InChI is InChI=1S/C25H25N5O3/c1-32-23-11-10-17(14-22(23)29-24(31)16-33-20-8-3-2-4-9-20)21-12-13-27-25(30-21)28-19-7-5-6-18(26)15-19/h2-14,19H,15-16,26H2,1H3,(H,29,31)(H,27,28,30). The number of aromatic nitrogens is 2. The van der Waals surface area contributed by atoms with Crippen LogP contribution >= 0.6 is 0 Å². The number of anilines is 2. The van der Waals surface area contributed by atoms with Gasteiger partial charge in [0.05, 0.1) is 24.5 Å². The lowest BCUT2D eigenvalue weighted by Gasteiger charge is -2.18. The molecule has 0 fully saturated rings. The summed E-state index contributed by atoms with van der Waals surface area (Å²) in [6, 6.07) is 16.5. The number of amides is 1. The van der Waals surface area contributed by atoms with Crippen LogP contribution in [0.4, 0.5) is 11.6 Å². The van der Waals surface area contributed by atoms with Gasteiger partial charge in [-0.2, -0.15) is 0 Å². The molecular weight excluding hydrogens is 418 g/mol. The normalized spacial score (nSPS) is 14.8. The van der Waals surface area contributed by atoms with Crippen molar-refractivity contribution in [2.24, 2.45) is 5.73 Å². The predicted molar refractivity (Wildman–Crippen MR) is 128 cm³/mol. The van der Waals surface area contributed by atoms with Crippen molar-refractivity contribution in [2.75, 3.05) is 24.4 Å². The van der Waals surface area contributed by atoms with E-state index in [1.807, 2.05) is 54.6 Å². The van der Waals surface area contributed by atoms with Gasteiger partial charge in [0.2, 0.25) is 5.95 Å². The molecule has 0 spiro atoms. The number of benzene rings is 2. The highest BCUT2D eigenvalue weighted by molar-refractivity contribution is 5.94. The van der Waals surface area contributed by atoms with Crippen LogP contribution in [0.25, 0.3) is 11.3 Å². The van der Waals surface area contributed by atoms with Crippen LogP contribution in [-0.2, 0) is 4.79 Å². The maximum absolute atomic E-state index is 12.5. The van der Waals surface area contributed by atoms with Crippen molar-refractivity contribution in [1.82, 2.24) is 9.97 Å². The monoisotopic (exact) mass is 443 g/mol. The molecule has 1 aliphatic rings. The van der Waals surface area contributed by atoms with E-state index in [1.54, 1.807) is 31.5 Å². The van der Waals surface area contributed by atoms with E-state index in [9.17, 15) is 4.79 Å². The second-order valence-corrected chi connectivity index (χ2v) is 7.41. The molecule has 3 aromatic rings. The van der Waals surface area contributed by atoms with Crippen molar-refractivity contribution in [3.63, 3.8) is 0 Å². The first kappa shape index (κ1) is 21.9. The highest BCUT2D eigenvalue weighted by atomic mass is 16.5. The molecule has 0 radical (unpaired) electrons. The minimum absolute atomic E-state index is 0.0283. The van der Waals surface area contributed by atoms with Crippen molar-refractivity contribution >= 4 is 17.5 Å². The Morgan fingerprint density at radius 2 is 2.03 bits per heavy atom. The number of para-hydroxylation sites is 1. The number of hydrogen-bond acceptors (Lipinski definition) is 7. The van der Waals surface area contributed by atoms with Crippen LogP contribution in [0, 0.1) is 0 Å². The van der Waals surface area contributed by atoms with Gasteiger partial charge in [0.25, 0.3) is 5.91 Å². The zero-order valence-electron chi connectivity index (χ0n) is 18.2. The molecule has 4 N–H and O–H groups in total. The van der Waals surface area contributed by atoms with Gasteiger partial charge >= 0.3 is 0 Å². The largest absolute Gasteiger partial charge is 0.495 e. The summed E-state index contributed by atoms with van der Waals surface area (Å²) >= 11 is 0. The first-order chi connectivity index (χ1) is 16.1. The van der Waals surface area contributed by atoms with E-state index in [0.29, 0.717) is 35.2 Å². The highest BCUT2D eigenvalue weighted by Crippen LogP contribution is 2.30. The summed E-state index contributed by atoms with van der Waals surface area (Å²) < 4.78 is 10.9. The van der Waals surface area contributed by atoms with Gasteiger partial charge in [-0.25, -0.2) is 9.97 Å². The molecule has 1 aromatic heterocycles. The fraction of sp³-hybridized carbons (Fsp3) is 0.160. The molecule has 168 valence electrons. The van der Waals surface area contributed by atoms with Gasteiger partial charge in [-0.1, -0.05) is 30.4 Å². The lowest BCUT2D eigenvalue weighted by Crippen LogP contribution is -2.22. The highest BCUT2D eigenvalue weighted by Gasteiger charge is 2.14. The van der Waals surface area contributed by atoms with Gasteiger partial charge in [-0.05, 0) is 42.5 Å². The van der Waals surface area contributed by atoms with Crippen LogP contribution < -0.4 is 25.8 Å². The molecule has 1 aliphatic carbocycles. The summed E-state index contributed by atoms with van der Waals surface area (Å²) in [4.78, 5) is 21.4. The lowest BCUT2D eigenvalue weighted by atomic mass is 10.1. The third-order valence-electron chi connectivity index (χ3n) is 4.96. The summed E-state index contributed by atoms with van der Waals surface area (Å²) in [7, 11) is 1.55. The molecule has 8 heteroatoms. The molecular formula is C25H25N5O3. The van der Waals surface area contributed by atoms with Gasteiger partial charge in [0.15, 0.2) is 6.61 Å². The Kier molecular flexibility index (Phi) is 6.84. The molecule has 4 rings (SSSR count). The van der Waals surface area contributed by atoms with Crippen molar-refractivity contribution < 1.29 is 14.3 Å². The topological polar surface area (TPSA) is 111 Å². The second kappa shape index (κ2) is 10.3. The molecule has 0 aliphatic heterocycles. The van der Waals surface area contributed by atoms with Crippen LogP contribution in [0.3, 0.4) is 0 Å². The third kappa shape index (κ3) is 5.88. The Labute approximate surface area is 192 Å². The Morgan fingerprint density at radius 1 is 1.18 bits per heavy atom. The van der Waals surface area contributed by atoms with E-state index in [-0.39, 0.29) is 18.6 Å². The number of allylic oxidation sites excluding steroid dienone is 2. The first-order valence-corrected chi connectivity index (χ1v) is 10.5. The van der Waals surface area contributed by atoms with E-state index >= 15 is 0 Å². The Hall–Kier alpha value is -4.33. The molecule has 0 saturated carbocycles. The SMILES string of the molecule is COc1ccc(-c2ccnc(NC3C=CC=C(N)C3)n2)cc1NC(=O)COc1ccccc1. The van der Waals surface area contributed by atoms with Gasteiger partial charge in [0, 0.05) is 23.9 Å². The lowest BCUT2D eigenvalue weighted by molar-refractivity contribution is -0.118. The number of hydrogen-bond donors (Lipinski definition) is 3. The van der Waals surface area contributed by atoms with E-state index in [2.05, 4.69) is 20.6 Å². The minimum Gasteiger partial charge on any atom is -0.495 e. The van der Waals surface area contributed by atoms with E-state index in [1.165, 1.54) is 0 Å². The van der Waals surface area contributed by atoms with Gasteiger partial charge in [-0.15, -0.1) is 0 Å². The van der Waals surface area contributed by atoms with Gasteiger partial charge < -0.3 is 25.8 Å². The number of nitrogens with zero attached hydrogens (tertiary/aromatic N) is 2. The molecule has 0 saturated heterocycles. The molecule has 0 bridgehead atoms. The molecule has 1 heterocycles. The van der Waals surface area contributed by atoms with E-state index in [4.69, 9.17) is 15.2 Å². The Bertz CT molecular complexity index is 1180. The van der Waals surface area contributed by atoms with Gasteiger partial charge in [0.1, 0.15) is 11.5 Å². The number of ether oxygens (including phenoxy) is 2. The number of carbonyl (C=O) groups excluding carboxylic acids is 1. The summed E-state index contributed by atoms with van der Waals surface area (Å²) in [5, 5.41) is 6.13. The first-order valence-electron chi connectivity index (χ1n) is 10.5. The number of rotatable bonds is 8. The summed E-state index contributed by atoms with van der Waals surface area (Å²) in [5.41, 5.74) is 8.75. The summed E-state index contributed by atoms with van der Waals surface area (Å²) in [6.45, 7) is -0.120. The van der Waals surface area contributed by atoms with Crippen LogP contribution in [0.2, 0.25) is 0 Å². The van der Waals surface area contributed by atoms with E-state index < -0.39 is 0 Å². The molecule has 33 heavy (non-hydrogen) atoms. The number of nitrogens with one attached hydrogen (secondary N) is 2. The van der Waals surface area contributed by atoms with Crippen LogP contribution in [0.1, 0.15) is 6.42 Å². The van der Waals surface area contributed by atoms with Crippen molar-refractivity contribution in [3.8, 4) is 22.8 Å². The zero-order valence-corrected chi connectivity index (χ0v) is 18.2. The molecule has 1 amide bonds. The third-order valence-corrected chi connectivity index (χ3v) is 4.96. The average molecular weight is 444 g/mol. The zero-order chi connectivity index (χ0) is 23.0. The maximum atomic E-state index is 12.5. The number of carbonyl (C=O) groups is 1. The minimum atomic E-state index is -0.297.